The van der Waals surface area contributed by atoms with Crippen molar-refractivity contribution in [3.63, 3.8) is 0 Å². The average molecular weight is 317 g/mol. The molecule has 0 unspecified atom stereocenters. The highest BCUT2D eigenvalue weighted by atomic mass is 35.5. The largest absolute Gasteiger partial charge is 0.354 e. The Bertz CT molecular complexity index is 1080. The van der Waals surface area contributed by atoms with E-state index in [1.165, 1.54) is 10.9 Å². The Kier molecular flexibility index (Phi) is 3.11. The summed E-state index contributed by atoms with van der Waals surface area (Å²) in [4.78, 5) is 3.51. The van der Waals surface area contributed by atoms with Crippen LogP contribution in [-0.4, -0.2) is 4.98 Å². The van der Waals surface area contributed by atoms with Crippen LogP contribution < -0.4 is 0 Å². The number of nitriles is 1. The molecule has 0 aliphatic heterocycles. The standard InChI is InChI=1S/C20H13ClN2/c1-12-2-7-15-16-8-9-17(21)19(20(16)23-18(15)10-12)14-5-3-13(11-22)4-6-14/h2-10,23H,1H3. The van der Waals surface area contributed by atoms with Gasteiger partial charge < -0.3 is 4.98 Å². The molecule has 1 N–H and O–H groups in total. The topological polar surface area (TPSA) is 39.6 Å². The van der Waals surface area contributed by atoms with E-state index in [4.69, 9.17) is 16.9 Å². The number of fused-ring (bicyclic) bond motifs is 3. The van der Waals surface area contributed by atoms with Gasteiger partial charge in [-0.15, -0.1) is 0 Å². The second kappa shape index (κ2) is 5.15. The summed E-state index contributed by atoms with van der Waals surface area (Å²) in [7, 11) is 0. The predicted octanol–water partition coefficient (Wildman–Crippen LogP) is 5.82. The van der Waals surface area contributed by atoms with Crippen LogP contribution in [0.2, 0.25) is 5.02 Å². The van der Waals surface area contributed by atoms with Crippen LogP contribution in [0.5, 0.6) is 0 Å². The normalized spacial score (nSPS) is 11.0. The van der Waals surface area contributed by atoms with Crippen molar-refractivity contribution < 1.29 is 0 Å². The number of nitrogens with one attached hydrogen (secondary N) is 1. The van der Waals surface area contributed by atoms with E-state index < -0.39 is 0 Å². The van der Waals surface area contributed by atoms with Crippen molar-refractivity contribution in [3.05, 3.63) is 70.7 Å². The molecule has 0 radical (unpaired) electrons. The van der Waals surface area contributed by atoms with Crippen molar-refractivity contribution >= 4 is 33.4 Å². The van der Waals surface area contributed by atoms with Crippen LogP contribution in [0.1, 0.15) is 11.1 Å². The first-order valence-corrected chi connectivity index (χ1v) is 7.76. The van der Waals surface area contributed by atoms with E-state index in [1.807, 2.05) is 30.3 Å². The number of nitrogens with zero attached hydrogens (tertiary/aromatic N) is 1. The highest BCUT2D eigenvalue weighted by molar-refractivity contribution is 6.35. The van der Waals surface area contributed by atoms with Gasteiger partial charge in [0, 0.05) is 21.9 Å². The van der Waals surface area contributed by atoms with E-state index in [1.54, 1.807) is 0 Å². The van der Waals surface area contributed by atoms with Gasteiger partial charge in [-0.05, 0) is 42.3 Å². The van der Waals surface area contributed by atoms with Gasteiger partial charge in [-0.3, -0.25) is 0 Å². The summed E-state index contributed by atoms with van der Waals surface area (Å²) in [6.07, 6.45) is 0. The Hall–Kier alpha value is -2.76. The molecule has 3 aromatic carbocycles. The second-order valence-electron chi connectivity index (χ2n) is 5.71. The van der Waals surface area contributed by atoms with Gasteiger partial charge in [-0.25, -0.2) is 0 Å². The molecular weight excluding hydrogens is 304 g/mol. The molecule has 0 amide bonds. The fraction of sp³-hybridized carbons (Fsp3) is 0.0500. The third kappa shape index (κ3) is 2.18. The van der Waals surface area contributed by atoms with Crippen molar-refractivity contribution in [1.29, 1.82) is 5.26 Å². The summed E-state index contributed by atoms with van der Waals surface area (Å²) in [5, 5.41) is 12.0. The van der Waals surface area contributed by atoms with Gasteiger partial charge in [-0.1, -0.05) is 41.9 Å². The molecular formula is C20H13ClN2. The summed E-state index contributed by atoms with van der Waals surface area (Å²) < 4.78 is 0. The molecule has 2 nitrogen and oxygen atoms in total. The molecule has 1 aromatic heterocycles. The van der Waals surface area contributed by atoms with Gasteiger partial charge in [0.1, 0.15) is 0 Å². The maximum atomic E-state index is 8.96. The number of hydrogen-bond donors (Lipinski definition) is 1. The summed E-state index contributed by atoms with van der Waals surface area (Å²) in [5.41, 5.74) is 5.98. The van der Waals surface area contributed by atoms with E-state index in [0.717, 1.165) is 27.5 Å². The minimum Gasteiger partial charge on any atom is -0.354 e. The van der Waals surface area contributed by atoms with Gasteiger partial charge in [0.15, 0.2) is 0 Å². The lowest BCUT2D eigenvalue weighted by molar-refractivity contribution is 1.47. The molecule has 0 aliphatic rings. The third-order valence-electron chi connectivity index (χ3n) is 4.18. The number of aromatic nitrogens is 1. The van der Waals surface area contributed by atoms with Crippen molar-refractivity contribution in [2.75, 3.05) is 0 Å². The van der Waals surface area contributed by atoms with Crippen molar-refractivity contribution in [2.24, 2.45) is 0 Å². The van der Waals surface area contributed by atoms with E-state index >= 15 is 0 Å². The zero-order valence-corrected chi connectivity index (χ0v) is 13.3. The number of H-pyrrole nitrogens is 1. The average Bonchev–Trinajstić information content (AvgIpc) is 2.92. The number of aryl methyl sites for hydroxylation is 1. The summed E-state index contributed by atoms with van der Waals surface area (Å²) >= 11 is 6.49. The fourth-order valence-electron chi connectivity index (χ4n) is 3.06. The van der Waals surface area contributed by atoms with Gasteiger partial charge in [-0.2, -0.15) is 5.26 Å². The van der Waals surface area contributed by atoms with E-state index in [2.05, 4.69) is 42.2 Å². The minimum absolute atomic E-state index is 0.643. The molecule has 110 valence electrons. The highest BCUT2D eigenvalue weighted by Crippen LogP contribution is 2.38. The lowest BCUT2D eigenvalue weighted by atomic mass is 10.0. The van der Waals surface area contributed by atoms with Crippen molar-refractivity contribution in [2.45, 2.75) is 6.92 Å². The lowest BCUT2D eigenvalue weighted by Gasteiger charge is -2.07. The zero-order valence-electron chi connectivity index (χ0n) is 12.5. The second-order valence-corrected chi connectivity index (χ2v) is 6.12. The van der Waals surface area contributed by atoms with Crippen LogP contribution in [0.3, 0.4) is 0 Å². The first kappa shape index (κ1) is 13.9. The third-order valence-corrected chi connectivity index (χ3v) is 4.50. The first-order valence-electron chi connectivity index (χ1n) is 7.38. The molecule has 4 rings (SSSR count). The number of halogens is 1. The van der Waals surface area contributed by atoms with Crippen LogP contribution >= 0.6 is 11.6 Å². The van der Waals surface area contributed by atoms with Crippen LogP contribution in [-0.2, 0) is 0 Å². The van der Waals surface area contributed by atoms with E-state index in [0.29, 0.717) is 10.6 Å². The maximum Gasteiger partial charge on any atom is 0.0991 e. The smallest absolute Gasteiger partial charge is 0.0991 e. The van der Waals surface area contributed by atoms with Gasteiger partial charge in [0.25, 0.3) is 0 Å². The molecule has 1 heterocycles. The van der Waals surface area contributed by atoms with Crippen LogP contribution in [0, 0.1) is 18.3 Å². The van der Waals surface area contributed by atoms with Crippen molar-refractivity contribution in [3.8, 4) is 17.2 Å². The van der Waals surface area contributed by atoms with Crippen LogP contribution in [0.4, 0.5) is 0 Å². The number of benzene rings is 3. The molecule has 3 heteroatoms. The zero-order chi connectivity index (χ0) is 16.0. The minimum atomic E-state index is 0.643. The van der Waals surface area contributed by atoms with Gasteiger partial charge in [0.2, 0.25) is 0 Å². The Morgan fingerprint density at radius 1 is 0.957 bits per heavy atom. The Morgan fingerprint density at radius 3 is 2.43 bits per heavy atom. The molecule has 0 fully saturated rings. The fourth-order valence-corrected chi connectivity index (χ4v) is 3.32. The summed E-state index contributed by atoms with van der Waals surface area (Å²) in [5.74, 6) is 0. The van der Waals surface area contributed by atoms with E-state index in [-0.39, 0.29) is 0 Å². The molecule has 0 bridgehead atoms. The monoisotopic (exact) mass is 316 g/mol. The van der Waals surface area contributed by atoms with Crippen LogP contribution in [0.25, 0.3) is 32.9 Å². The van der Waals surface area contributed by atoms with Gasteiger partial charge in [0.05, 0.1) is 22.2 Å². The first-order chi connectivity index (χ1) is 11.2. The lowest BCUT2D eigenvalue weighted by Crippen LogP contribution is -1.83. The maximum absolute atomic E-state index is 8.96. The molecule has 0 aliphatic carbocycles. The number of aromatic amines is 1. The summed E-state index contributed by atoms with van der Waals surface area (Å²) in [6.45, 7) is 2.08. The van der Waals surface area contributed by atoms with Crippen LogP contribution in [0.15, 0.2) is 54.6 Å². The van der Waals surface area contributed by atoms with E-state index in [9.17, 15) is 0 Å². The summed E-state index contributed by atoms with van der Waals surface area (Å²) in [6, 6.07) is 20.0. The Labute approximate surface area is 138 Å². The molecule has 0 spiro atoms. The highest BCUT2D eigenvalue weighted by Gasteiger charge is 2.13. The number of hydrogen-bond acceptors (Lipinski definition) is 1. The molecule has 0 saturated carbocycles. The molecule has 4 aromatic rings. The SMILES string of the molecule is Cc1ccc2c(c1)[nH]c1c(-c3ccc(C#N)cc3)c(Cl)ccc12. The Morgan fingerprint density at radius 2 is 1.70 bits per heavy atom. The molecule has 0 saturated heterocycles. The predicted molar refractivity (Wildman–Crippen MR) is 95.7 cm³/mol. The molecule has 0 atom stereocenters. The quantitative estimate of drug-likeness (QED) is 0.472. The van der Waals surface area contributed by atoms with Crippen molar-refractivity contribution in [1.82, 2.24) is 4.98 Å². The molecule has 23 heavy (non-hydrogen) atoms. The van der Waals surface area contributed by atoms with Gasteiger partial charge >= 0.3 is 0 Å². The Balaban J connectivity index is 2.06. The number of rotatable bonds is 1.